The highest BCUT2D eigenvalue weighted by molar-refractivity contribution is 6.31. The number of carbonyl (C=O) groups is 2. The molecule has 0 saturated heterocycles. The highest BCUT2D eigenvalue weighted by atomic mass is 35.5. The Balaban J connectivity index is 3.02. The molecule has 114 valence electrons. The number of hydrogen-bond donors (Lipinski definition) is 0. The summed E-state index contributed by atoms with van der Waals surface area (Å²) in [6.45, 7) is 5.61. The van der Waals surface area contributed by atoms with E-state index in [4.69, 9.17) is 21.1 Å². The third kappa shape index (κ3) is 4.79. The molecule has 0 atom stereocenters. The second-order valence-electron chi connectivity index (χ2n) is 4.12. The first kappa shape index (κ1) is 17.0. The number of ether oxygens (including phenoxy) is 2. The van der Waals surface area contributed by atoms with Crippen molar-refractivity contribution in [3.63, 3.8) is 0 Å². The molecule has 21 heavy (non-hydrogen) atoms. The predicted molar refractivity (Wildman–Crippen MR) is 80.7 cm³/mol. The molecular weight excluding hydrogens is 294 g/mol. The number of esters is 1. The summed E-state index contributed by atoms with van der Waals surface area (Å²) in [6, 6.07) is 4.73. The predicted octanol–water partition coefficient (Wildman–Crippen LogP) is 2.54. The minimum absolute atomic E-state index is 0.158. The normalized spacial score (nSPS) is 9.86. The lowest BCUT2D eigenvalue weighted by molar-refractivity contribution is -0.143. The molecule has 1 aromatic rings. The minimum atomic E-state index is -0.478. The Morgan fingerprint density at radius 3 is 2.71 bits per heavy atom. The first-order chi connectivity index (χ1) is 10.0. The standard InChI is InChI=1S/C15H18ClNO4/c1-4-8-17(10-14(18)21-5-2)15(19)12-9-11(16)6-7-13(12)20-3/h4,6-7,9H,1,5,8,10H2,2-3H3. The maximum atomic E-state index is 12.5. The van der Waals surface area contributed by atoms with Gasteiger partial charge in [0.1, 0.15) is 12.3 Å². The average Bonchev–Trinajstić information content (AvgIpc) is 2.46. The van der Waals surface area contributed by atoms with Gasteiger partial charge in [0.25, 0.3) is 5.91 Å². The highest BCUT2D eigenvalue weighted by Crippen LogP contribution is 2.24. The lowest BCUT2D eigenvalue weighted by atomic mass is 10.1. The van der Waals surface area contributed by atoms with Crippen LogP contribution in [0.15, 0.2) is 30.9 Å². The molecule has 0 aromatic heterocycles. The molecule has 0 bridgehead atoms. The van der Waals surface area contributed by atoms with Crippen LogP contribution in [-0.2, 0) is 9.53 Å². The molecule has 0 spiro atoms. The van der Waals surface area contributed by atoms with Gasteiger partial charge in [0, 0.05) is 11.6 Å². The zero-order chi connectivity index (χ0) is 15.8. The molecule has 1 rings (SSSR count). The van der Waals surface area contributed by atoms with Crippen LogP contribution in [0.5, 0.6) is 5.75 Å². The number of methoxy groups -OCH3 is 1. The van der Waals surface area contributed by atoms with Crippen molar-refractivity contribution >= 4 is 23.5 Å². The summed E-state index contributed by atoms with van der Waals surface area (Å²) in [5.41, 5.74) is 0.288. The van der Waals surface area contributed by atoms with Gasteiger partial charge in [-0.25, -0.2) is 0 Å². The summed E-state index contributed by atoms with van der Waals surface area (Å²) in [6.07, 6.45) is 1.54. The molecule has 0 radical (unpaired) electrons. The van der Waals surface area contributed by atoms with Crippen molar-refractivity contribution in [2.24, 2.45) is 0 Å². The zero-order valence-electron chi connectivity index (χ0n) is 12.1. The maximum absolute atomic E-state index is 12.5. The number of nitrogens with zero attached hydrogens (tertiary/aromatic N) is 1. The van der Waals surface area contributed by atoms with Crippen molar-refractivity contribution in [2.75, 3.05) is 26.8 Å². The van der Waals surface area contributed by atoms with Gasteiger partial charge in [-0.1, -0.05) is 17.7 Å². The van der Waals surface area contributed by atoms with Crippen molar-refractivity contribution in [3.8, 4) is 5.75 Å². The number of carbonyl (C=O) groups excluding carboxylic acids is 2. The van der Waals surface area contributed by atoms with Crippen LogP contribution in [0.3, 0.4) is 0 Å². The molecule has 0 aliphatic heterocycles. The van der Waals surface area contributed by atoms with Crippen LogP contribution in [0.4, 0.5) is 0 Å². The van der Waals surface area contributed by atoms with E-state index in [2.05, 4.69) is 6.58 Å². The first-order valence-corrected chi connectivity index (χ1v) is 6.80. The van der Waals surface area contributed by atoms with Crippen molar-refractivity contribution in [1.82, 2.24) is 4.90 Å². The van der Waals surface area contributed by atoms with Gasteiger partial charge in [-0.3, -0.25) is 9.59 Å². The summed E-state index contributed by atoms with van der Waals surface area (Å²) in [5.74, 6) is -0.460. The number of benzene rings is 1. The van der Waals surface area contributed by atoms with E-state index in [-0.39, 0.29) is 31.2 Å². The van der Waals surface area contributed by atoms with Crippen LogP contribution in [0, 0.1) is 0 Å². The Morgan fingerprint density at radius 1 is 1.43 bits per heavy atom. The second kappa shape index (κ2) is 8.32. The van der Waals surface area contributed by atoms with Crippen molar-refractivity contribution in [2.45, 2.75) is 6.92 Å². The Morgan fingerprint density at radius 2 is 2.14 bits per heavy atom. The molecule has 5 nitrogen and oxygen atoms in total. The monoisotopic (exact) mass is 311 g/mol. The minimum Gasteiger partial charge on any atom is -0.496 e. The van der Waals surface area contributed by atoms with E-state index >= 15 is 0 Å². The summed E-state index contributed by atoms with van der Waals surface area (Å²) >= 11 is 5.92. The third-order valence-electron chi connectivity index (χ3n) is 2.65. The fraction of sp³-hybridized carbons (Fsp3) is 0.333. The van der Waals surface area contributed by atoms with Crippen molar-refractivity contribution < 1.29 is 19.1 Å². The Bertz CT molecular complexity index is 530. The van der Waals surface area contributed by atoms with E-state index in [1.54, 1.807) is 19.1 Å². The summed E-state index contributed by atoms with van der Waals surface area (Å²) in [4.78, 5) is 25.4. The Kier molecular flexibility index (Phi) is 6.75. The van der Waals surface area contributed by atoms with E-state index in [0.717, 1.165) is 0 Å². The molecule has 0 aliphatic carbocycles. The molecule has 1 amide bonds. The maximum Gasteiger partial charge on any atom is 0.325 e. The van der Waals surface area contributed by atoms with Crippen LogP contribution in [0.2, 0.25) is 5.02 Å². The van der Waals surface area contributed by atoms with Crippen LogP contribution in [0.1, 0.15) is 17.3 Å². The molecule has 0 aliphatic rings. The number of halogens is 1. The van der Waals surface area contributed by atoms with Gasteiger partial charge >= 0.3 is 5.97 Å². The fourth-order valence-corrected chi connectivity index (χ4v) is 1.93. The lowest BCUT2D eigenvalue weighted by Crippen LogP contribution is -2.36. The number of hydrogen-bond acceptors (Lipinski definition) is 4. The topological polar surface area (TPSA) is 55.8 Å². The van der Waals surface area contributed by atoms with Gasteiger partial charge in [0.05, 0.1) is 19.3 Å². The first-order valence-electron chi connectivity index (χ1n) is 6.42. The Hall–Kier alpha value is -2.01. The number of rotatable bonds is 7. The molecular formula is C15H18ClNO4. The van der Waals surface area contributed by atoms with Crippen LogP contribution in [-0.4, -0.2) is 43.6 Å². The van der Waals surface area contributed by atoms with Crippen LogP contribution >= 0.6 is 11.6 Å². The molecule has 1 aromatic carbocycles. The van der Waals surface area contributed by atoms with E-state index in [9.17, 15) is 9.59 Å². The summed E-state index contributed by atoms with van der Waals surface area (Å²) in [7, 11) is 1.46. The number of amides is 1. The van der Waals surface area contributed by atoms with E-state index in [1.807, 2.05) is 0 Å². The molecule has 0 N–H and O–H groups in total. The van der Waals surface area contributed by atoms with E-state index in [0.29, 0.717) is 10.8 Å². The van der Waals surface area contributed by atoms with Gasteiger partial charge < -0.3 is 14.4 Å². The smallest absolute Gasteiger partial charge is 0.325 e. The third-order valence-corrected chi connectivity index (χ3v) is 2.89. The van der Waals surface area contributed by atoms with E-state index < -0.39 is 5.97 Å². The lowest BCUT2D eigenvalue weighted by Gasteiger charge is -2.21. The van der Waals surface area contributed by atoms with E-state index in [1.165, 1.54) is 24.2 Å². The summed E-state index contributed by atoms with van der Waals surface area (Å²) < 4.78 is 10.0. The van der Waals surface area contributed by atoms with Gasteiger partial charge in [-0.2, -0.15) is 0 Å². The van der Waals surface area contributed by atoms with Gasteiger partial charge in [-0.05, 0) is 25.1 Å². The van der Waals surface area contributed by atoms with Gasteiger partial charge in [0.2, 0.25) is 0 Å². The summed E-state index contributed by atoms with van der Waals surface area (Å²) in [5, 5.41) is 0.411. The average molecular weight is 312 g/mol. The van der Waals surface area contributed by atoms with Gasteiger partial charge in [-0.15, -0.1) is 6.58 Å². The Labute approximate surface area is 129 Å². The fourth-order valence-electron chi connectivity index (χ4n) is 1.76. The van der Waals surface area contributed by atoms with Crippen LogP contribution < -0.4 is 4.74 Å². The van der Waals surface area contributed by atoms with Gasteiger partial charge in [0.15, 0.2) is 0 Å². The molecule has 0 unspecified atom stereocenters. The zero-order valence-corrected chi connectivity index (χ0v) is 12.9. The molecule has 0 heterocycles. The quantitative estimate of drug-likeness (QED) is 0.573. The molecule has 0 fully saturated rings. The van der Waals surface area contributed by atoms with Crippen molar-refractivity contribution in [1.29, 1.82) is 0 Å². The largest absolute Gasteiger partial charge is 0.496 e. The van der Waals surface area contributed by atoms with Crippen molar-refractivity contribution in [3.05, 3.63) is 41.4 Å². The molecule has 6 heteroatoms. The second-order valence-corrected chi connectivity index (χ2v) is 4.56. The molecule has 0 saturated carbocycles. The highest BCUT2D eigenvalue weighted by Gasteiger charge is 2.21. The van der Waals surface area contributed by atoms with Crippen LogP contribution in [0.25, 0.3) is 0 Å². The SMILES string of the molecule is C=CCN(CC(=O)OCC)C(=O)c1cc(Cl)ccc1OC.